The summed E-state index contributed by atoms with van der Waals surface area (Å²) in [5.41, 5.74) is 0. The average Bonchev–Trinajstić information content (AvgIpc) is 2.80. The van der Waals surface area contributed by atoms with Gasteiger partial charge in [0.1, 0.15) is 11.5 Å². The lowest BCUT2D eigenvalue weighted by molar-refractivity contribution is 0.267. The molecule has 1 heterocycles. The van der Waals surface area contributed by atoms with Crippen molar-refractivity contribution in [3.05, 3.63) is 23.7 Å². The van der Waals surface area contributed by atoms with Gasteiger partial charge in [-0.3, -0.25) is 0 Å². The highest BCUT2D eigenvalue weighted by Gasteiger charge is 2.36. The fraction of sp³-hybridized carbons (Fsp3) is 0.692. The number of nitrogens with one attached hydrogen (secondary N) is 1. The van der Waals surface area contributed by atoms with Crippen LogP contribution in [0.4, 0.5) is 0 Å². The molecule has 1 aromatic heterocycles. The third-order valence-electron chi connectivity index (χ3n) is 3.34. The number of rotatable bonds is 6. The van der Waals surface area contributed by atoms with Crippen LogP contribution in [-0.2, 0) is 6.54 Å². The molecular formula is C13H21NO2. The fourth-order valence-corrected chi connectivity index (χ4v) is 1.98. The highest BCUT2D eigenvalue weighted by molar-refractivity contribution is 5.17. The Morgan fingerprint density at radius 1 is 1.56 bits per heavy atom. The van der Waals surface area contributed by atoms with Crippen LogP contribution in [0.25, 0.3) is 0 Å². The second-order valence-electron chi connectivity index (χ2n) is 4.92. The van der Waals surface area contributed by atoms with Crippen LogP contribution < -0.4 is 5.32 Å². The standard InChI is InChI=1S/C13H21NO2/c1-9-7-12(9)13-4-3-11(16-13)8-14-10(2)5-6-15/h3-4,9-10,12,14-15H,5-8H2,1-2H3/t9?,10-,12?/m1/s1. The number of furan rings is 1. The van der Waals surface area contributed by atoms with Crippen molar-refractivity contribution in [3.8, 4) is 0 Å². The number of aliphatic hydroxyl groups excluding tert-OH is 1. The van der Waals surface area contributed by atoms with Gasteiger partial charge in [0.15, 0.2) is 0 Å². The number of aliphatic hydroxyl groups is 1. The smallest absolute Gasteiger partial charge is 0.117 e. The van der Waals surface area contributed by atoms with E-state index in [1.807, 2.05) is 0 Å². The molecule has 90 valence electrons. The van der Waals surface area contributed by atoms with Gasteiger partial charge in [0.2, 0.25) is 0 Å². The summed E-state index contributed by atoms with van der Waals surface area (Å²) in [5, 5.41) is 12.1. The molecular weight excluding hydrogens is 202 g/mol. The van der Waals surface area contributed by atoms with E-state index in [4.69, 9.17) is 9.52 Å². The Kier molecular flexibility index (Phi) is 3.66. The zero-order chi connectivity index (χ0) is 11.5. The summed E-state index contributed by atoms with van der Waals surface area (Å²) in [5.74, 6) is 3.59. The summed E-state index contributed by atoms with van der Waals surface area (Å²) >= 11 is 0. The van der Waals surface area contributed by atoms with E-state index in [1.165, 1.54) is 6.42 Å². The van der Waals surface area contributed by atoms with Crippen LogP contribution in [0.5, 0.6) is 0 Å². The molecule has 1 fully saturated rings. The molecule has 0 radical (unpaired) electrons. The SMILES string of the molecule is CC1CC1c1ccc(CN[C@H](C)CCO)o1. The van der Waals surface area contributed by atoms with Gasteiger partial charge in [-0.15, -0.1) is 0 Å². The molecule has 0 spiro atoms. The molecule has 3 atom stereocenters. The van der Waals surface area contributed by atoms with Crippen LogP contribution in [0.3, 0.4) is 0 Å². The molecule has 3 nitrogen and oxygen atoms in total. The molecule has 0 aliphatic heterocycles. The van der Waals surface area contributed by atoms with Crippen molar-refractivity contribution in [1.82, 2.24) is 5.32 Å². The molecule has 1 aliphatic rings. The van der Waals surface area contributed by atoms with Crippen LogP contribution >= 0.6 is 0 Å². The maximum Gasteiger partial charge on any atom is 0.117 e. The van der Waals surface area contributed by atoms with Crippen molar-refractivity contribution in [2.24, 2.45) is 5.92 Å². The Morgan fingerprint density at radius 3 is 2.94 bits per heavy atom. The summed E-state index contributed by atoms with van der Waals surface area (Å²) in [6.07, 6.45) is 2.05. The van der Waals surface area contributed by atoms with E-state index in [1.54, 1.807) is 0 Å². The minimum atomic E-state index is 0.233. The van der Waals surface area contributed by atoms with E-state index >= 15 is 0 Å². The maximum atomic E-state index is 8.78. The Balaban J connectivity index is 1.79. The third kappa shape index (κ3) is 2.86. The van der Waals surface area contributed by atoms with E-state index in [0.29, 0.717) is 12.0 Å². The molecule has 1 aromatic rings. The Bertz CT molecular complexity index is 334. The van der Waals surface area contributed by atoms with E-state index in [9.17, 15) is 0 Å². The van der Waals surface area contributed by atoms with Crippen molar-refractivity contribution < 1.29 is 9.52 Å². The van der Waals surface area contributed by atoms with Crippen molar-refractivity contribution in [3.63, 3.8) is 0 Å². The van der Waals surface area contributed by atoms with Gasteiger partial charge in [-0.1, -0.05) is 6.92 Å². The van der Waals surface area contributed by atoms with Gasteiger partial charge >= 0.3 is 0 Å². The van der Waals surface area contributed by atoms with Gasteiger partial charge in [0.05, 0.1) is 6.54 Å². The normalized spacial score (nSPS) is 25.7. The van der Waals surface area contributed by atoms with Gasteiger partial charge in [-0.25, -0.2) is 0 Å². The topological polar surface area (TPSA) is 45.4 Å². The Morgan fingerprint density at radius 2 is 2.31 bits per heavy atom. The first-order valence-electron chi connectivity index (χ1n) is 6.13. The molecule has 0 aromatic carbocycles. The molecule has 1 aliphatic carbocycles. The van der Waals surface area contributed by atoms with Crippen molar-refractivity contribution in [2.75, 3.05) is 6.61 Å². The zero-order valence-electron chi connectivity index (χ0n) is 10.1. The summed E-state index contributed by atoms with van der Waals surface area (Å²) in [4.78, 5) is 0. The zero-order valence-corrected chi connectivity index (χ0v) is 10.1. The molecule has 2 rings (SSSR count). The van der Waals surface area contributed by atoms with Crippen molar-refractivity contribution in [1.29, 1.82) is 0 Å². The first-order chi connectivity index (χ1) is 7.70. The van der Waals surface area contributed by atoms with Gasteiger partial charge in [0.25, 0.3) is 0 Å². The first-order valence-corrected chi connectivity index (χ1v) is 6.13. The predicted molar refractivity (Wildman–Crippen MR) is 63.2 cm³/mol. The minimum Gasteiger partial charge on any atom is -0.464 e. The van der Waals surface area contributed by atoms with Crippen molar-refractivity contribution in [2.45, 2.75) is 45.2 Å². The van der Waals surface area contributed by atoms with Crippen molar-refractivity contribution >= 4 is 0 Å². The highest BCUT2D eigenvalue weighted by Crippen LogP contribution is 2.47. The largest absolute Gasteiger partial charge is 0.464 e. The van der Waals surface area contributed by atoms with E-state index < -0.39 is 0 Å². The van der Waals surface area contributed by atoms with Crippen LogP contribution in [0.1, 0.15) is 44.1 Å². The summed E-state index contributed by atoms with van der Waals surface area (Å²) in [6.45, 7) is 5.32. The van der Waals surface area contributed by atoms with Gasteiger partial charge in [-0.2, -0.15) is 0 Å². The quantitative estimate of drug-likeness (QED) is 0.777. The molecule has 0 saturated heterocycles. The second-order valence-corrected chi connectivity index (χ2v) is 4.92. The van der Waals surface area contributed by atoms with E-state index in [-0.39, 0.29) is 6.61 Å². The summed E-state index contributed by atoms with van der Waals surface area (Å²) < 4.78 is 5.78. The maximum absolute atomic E-state index is 8.78. The molecule has 3 heteroatoms. The Hall–Kier alpha value is -0.800. The Labute approximate surface area is 96.8 Å². The molecule has 2 unspecified atom stereocenters. The van der Waals surface area contributed by atoms with Gasteiger partial charge in [-0.05, 0) is 37.8 Å². The van der Waals surface area contributed by atoms with Crippen LogP contribution in [0.15, 0.2) is 16.5 Å². The number of hydrogen-bond donors (Lipinski definition) is 2. The number of hydrogen-bond acceptors (Lipinski definition) is 3. The minimum absolute atomic E-state index is 0.233. The van der Waals surface area contributed by atoms with Gasteiger partial charge < -0.3 is 14.8 Å². The molecule has 1 saturated carbocycles. The van der Waals surface area contributed by atoms with Crippen LogP contribution in [0.2, 0.25) is 0 Å². The third-order valence-corrected chi connectivity index (χ3v) is 3.34. The molecule has 0 amide bonds. The lowest BCUT2D eigenvalue weighted by atomic mass is 10.2. The summed E-state index contributed by atoms with van der Waals surface area (Å²) in [6, 6.07) is 4.49. The second kappa shape index (κ2) is 5.02. The van der Waals surface area contributed by atoms with Crippen LogP contribution in [0, 0.1) is 5.92 Å². The molecule has 0 bridgehead atoms. The van der Waals surface area contributed by atoms with E-state index in [2.05, 4.69) is 31.3 Å². The fourth-order valence-electron chi connectivity index (χ4n) is 1.98. The predicted octanol–water partition coefficient (Wildman–Crippen LogP) is 2.26. The molecule has 2 N–H and O–H groups in total. The average molecular weight is 223 g/mol. The molecule has 16 heavy (non-hydrogen) atoms. The monoisotopic (exact) mass is 223 g/mol. The first kappa shape index (κ1) is 11.7. The summed E-state index contributed by atoms with van der Waals surface area (Å²) in [7, 11) is 0. The highest BCUT2D eigenvalue weighted by atomic mass is 16.3. The van der Waals surface area contributed by atoms with Gasteiger partial charge in [0, 0.05) is 18.6 Å². The van der Waals surface area contributed by atoms with E-state index in [0.717, 1.165) is 30.4 Å². The van der Waals surface area contributed by atoms with Crippen LogP contribution in [-0.4, -0.2) is 17.8 Å². The lowest BCUT2D eigenvalue weighted by Gasteiger charge is -2.10. The lowest BCUT2D eigenvalue weighted by Crippen LogP contribution is -2.26.